The molecule has 0 spiro atoms. The zero-order valence-corrected chi connectivity index (χ0v) is 21.7. The van der Waals surface area contributed by atoms with Gasteiger partial charge in [0.2, 0.25) is 0 Å². The van der Waals surface area contributed by atoms with Crippen LogP contribution in [0.1, 0.15) is 43.4 Å². The minimum atomic E-state index is -2.27. The summed E-state index contributed by atoms with van der Waals surface area (Å²) in [6.45, 7) is 3.12. The van der Waals surface area contributed by atoms with Crippen LogP contribution >= 0.6 is 0 Å². The van der Waals surface area contributed by atoms with Gasteiger partial charge in [-0.05, 0) is 49.6 Å². The molecule has 1 saturated heterocycles. The van der Waals surface area contributed by atoms with Gasteiger partial charge in [0, 0.05) is 37.7 Å². The molecule has 4 unspecified atom stereocenters. The summed E-state index contributed by atoms with van der Waals surface area (Å²) in [5.74, 6) is -3.26. The Balaban J connectivity index is 0.000000485. The van der Waals surface area contributed by atoms with E-state index in [1.165, 1.54) is 24.3 Å². The summed E-state index contributed by atoms with van der Waals surface area (Å²) in [4.78, 5) is 21.6. The number of aliphatic carboxylic acids is 2. The third kappa shape index (κ3) is 9.09. The molecule has 224 valence electrons. The number of hydrogen-bond donors (Lipinski definition) is 8. The van der Waals surface area contributed by atoms with Gasteiger partial charge < -0.3 is 51.1 Å². The van der Waals surface area contributed by atoms with Crippen molar-refractivity contribution in [2.75, 3.05) is 19.7 Å². The molecule has 4 atom stereocenters. The molecule has 0 aliphatic carbocycles. The maximum absolute atomic E-state index is 13.1. The number of aliphatic hydroxyl groups excluding tert-OH is 4. The Hall–Kier alpha value is -3.37. The first kappa shape index (κ1) is 34.7. The predicted octanol–water partition coefficient (Wildman–Crippen LogP) is -0.292. The first-order valence-corrected chi connectivity index (χ1v) is 12.2. The van der Waals surface area contributed by atoms with Gasteiger partial charge in [-0.15, -0.1) is 0 Å². The Morgan fingerprint density at radius 2 is 1.55 bits per heavy atom. The van der Waals surface area contributed by atoms with Crippen molar-refractivity contribution in [3.05, 3.63) is 59.4 Å². The molecule has 10 N–H and O–H groups in total. The molecule has 2 aliphatic rings. The van der Waals surface area contributed by atoms with Crippen LogP contribution in [0, 0.1) is 5.82 Å². The molecule has 4 rings (SSSR count). The van der Waals surface area contributed by atoms with E-state index < -0.39 is 35.9 Å². The largest absolute Gasteiger partial charge is 0.508 e. The van der Waals surface area contributed by atoms with Crippen molar-refractivity contribution >= 4 is 11.9 Å². The molecule has 1 fully saturated rings. The van der Waals surface area contributed by atoms with Gasteiger partial charge in [-0.2, -0.15) is 0 Å². The highest BCUT2D eigenvalue weighted by Crippen LogP contribution is 2.40. The lowest BCUT2D eigenvalue weighted by Gasteiger charge is -2.43. The number of likely N-dealkylation sites (tertiary alicyclic amines) is 1. The molecule has 0 radical (unpaired) electrons. The lowest BCUT2D eigenvalue weighted by molar-refractivity contribution is -0.165. The summed E-state index contributed by atoms with van der Waals surface area (Å²) in [7, 11) is 0. The summed E-state index contributed by atoms with van der Waals surface area (Å²) >= 11 is 0. The van der Waals surface area contributed by atoms with E-state index >= 15 is 0 Å². The van der Waals surface area contributed by atoms with E-state index in [9.17, 15) is 29.3 Å². The smallest absolute Gasteiger partial charge is 0.335 e. The monoisotopic (exact) mass is 573 g/mol. The van der Waals surface area contributed by atoms with E-state index in [1.54, 1.807) is 25.1 Å². The molecule has 0 saturated carbocycles. The highest BCUT2D eigenvalue weighted by atomic mass is 19.1. The summed E-state index contributed by atoms with van der Waals surface area (Å²) in [6, 6.07) is 10.7. The van der Waals surface area contributed by atoms with Gasteiger partial charge in [0.05, 0.1) is 11.7 Å². The lowest BCUT2D eigenvalue weighted by atomic mass is 9.84. The Bertz CT molecular complexity index is 1070. The number of phenols is 1. The second-order valence-electron chi connectivity index (χ2n) is 9.00. The third-order valence-corrected chi connectivity index (χ3v) is 6.26. The van der Waals surface area contributed by atoms with Crippen LogP contribution in [0.2, 0.25) is 0 Å². The average molecular weight is 574 g/mol. The number of phenolic OH excluding ortho intramolecular Hbond substituents is 1. The molecule has 0 amide bonds. The van der Waals surface area contributed by atoms with Crippen LogP contribution in [0.4, 0.5) is 4.39 Å². The molecule has 14 heteroatoms. The first-order valence-electron chi connectivity index (χ1n) is 12.2. The predicted molar refractivity (Wildman–Crippen MR) is 137 cm³/mol. The van der Waals surface area contributed by atoms with Gasteiger partial charge in [0.25, 0.3) is 0 Å². The van der Waals surface area contributed by atoms with Crippen LogP contribution in [0.5, 0.6) is 11.5 Å². The standard InChI is InChI=1S/C20H22FNO4.C4H6O6.C2H6O.H2O/c21-14-3-1-13(2-4-14)20(25)7-9-22(10-8-20)19-12-17(24)16-6-5-15(23)11-18(16)26-19;5-1(3(7)8)2(6)4(9)10;1-2-3;/h1-6,11,17,19,23-25H,7-10,12H2;1-2,5-6H,(H,7,8)(H,9,10);3H,2H2,1H3;1H2. The number of carbonyl (C=O) groups is 2. The molecule has 0 aromatic heterocycles. The fourth-order valence-electron chi connectivity index (χ4n) is 4.14. The fourth-order valence-corrected chi connectivity index (χ4v) is 4.14. The minimum absolute atomic E-state index is 0. The molecular formula is C26H36FNO12. The maximum Gasteiger partial charge on any atom is 0.335 e. The van der Waals surface area contributed by atoms with Gasteiger partial charge in [0.1, 0.15) is 17.3 Å². The SMILES string of the molecule is CCO.O.O=C(O)C(O)C(O)C(=O)O.Oc1ccc2c(c1)OC(N1CCC(O)(c3ccc(F)cc3)CC1)CC2O. The second-order valence-corrected chi connectivity index (χ2v) is 9.00. The number of carboxylic acids is 2. The number of halogens is 1. The van der Waals surface area contributed by atoms with Crippen molar-refractivity contribution in [1.29, 1.82) is 0 Å². The van der Waals surface area contributed by atoms with Gasteiger partial charge in [-0.25, -0.2) is 14.0 Å². The summed E-state index contributed by atoms with van der Waals surface area (Å²) in [5, 5.41) is 71.1. The highest BCUT2D eigenvalue weighted by Gasteiger charge is 2.39. The van der Waals surface area contributed by atoms with Crippen molar-refractivity contribution in [3.63, 3.8) is 0 Å². The van der Waals surface area contributed by atoms with E-state index in [0.717, 1.165) is 5.56 Å². The topological polar surface area (TPSA) is 240 Å². The Labute approximate surface area is 229 Å². The fraction of sp³-hybridized carbons (Fsp3) is 0.462. The van der Waals surface area contributed by atoms with E-state index in [2.05, 4.69) is 4.90 Å². The number of carboxylic acid groups (broad SMARTS) is 2. The summed E-state index contributed by atoms with van der Waals surface area (Å²) < 4.78 is 19.1. The van der Waals surface area contributed by atoms with Crippen LogP contribution in [-0.2, 0) is 15.2 Å². The molecule has 2 aromatic rings. The number of benzene rings is 2. The zero-order valence-electron chi connectivity index (χ0n) is 21.7. The van der Waals surface area contributed by atoms with Crippen molar-refractivity contribution in [1.82, 2.24) is 4.90 Å². The normalized spacial score (nSPS) is 20.9. The Morgan fingerprint density at radius 1 is 1.05 bits per heavy atom. The highest BCUT2D eigenvalue weighted by molar-refractivity contribution is 5.83. The van der Waals surface area contributed by atoms with Crippen LogP contribution in [0.3, 0.4) is 0 Å². The van der Waals surface area contributed by atoms with Crippen LogP contribution < -0.4 is 4.74 Å². The van der Waals surface area contributed by atoms with Crippen LogP contribution in [0.25, 0.3) is 0 Å². The maximum atomic E-state index is 13.1. The van der Waals surface area contributed by atoms with E-state index in [0.29, 0.717) is 43.7 Å². The Kier molecular flexibility index (Phi) is 13.4. The number of fused-ring (bicyclic) bond motifs is 1. The second kappa shape index (κ2) is 15.4. The summed E-state index contributed by atoms with van der Waals surface area (Å²) in [5.41, 5.74) is 0.422. The number of hydrogen-bond acceptors (Lipinski definition) is 10. The van der Waals surface area contributed by atoms with E-state index in [1.807, 2.05) is 0 Å². The van der Waals surface area contributed by atoms with Gasteiger partial charge in [-0.3, -0.25) is 4.90 Å². The quantitative estimate of drug-likeness (QED) is 0.230. The number of ether oxygens (including phenoxy) is 1. The number of rotatable bonds is 5. The first-order chi connectivity index (χ1) is 18.3. The zero-order chi connectivity index (χ0) is 29.3. The third-order valence-electron chi connectivity index (χ3n) is 6.26. The van der Waals surface area contributed by atoms with E-state index in [-0.39, 0.29) is 29.9 Å². The average Bonchev–Trinajstić information content (AvgIpc) is 2.89. The lowest BCUT2D eigenvalue weighted by Crippen LogP contribution is -2.50. The van der Waals surface area contributed by atoms with Crippen molar-refractivity contribution < 1.29 is 65.0 Å². The van der Waals surface area contributed by atoms with Crippen LogP contribution in [-0.4, -0.2) is 101 Å². The number of nitrogens with zero attached hydrogens (tertiary/aromatic N) is 1. The molecule has 0 bridgehead atoms. The molecule has 13 nitrogen and oxygen atoms in total. The summed E-state index contributed by atoms with van der Waals surface area (Å²) in [6.07, 6.45) is -4.05. The molecule has 2 aromatic carbocycles. The van der Waals surface area contributed by atoms with Gasteiger partial charge in [-0.1, -0.05) is 12.1 Å². The van der Waals surface area contributed by atoms with Gasteiger partial charge >= 0.3 is 11.9 Å². The van der Waals surface area contributed by atoms with Crippen LogP contribution in [0.15, 0.2) is 42.5 Å². The van der Waals surface area contributed by atoms with E-state index in [4.69, 9.17) is 30.3 Å². The van der Waals surface area contributed by atoms with Crippen molar-refractivity contribution in [3.8, 4) is 11.5 Å². The number of aliphatic hydroxyl groups is 5. The molecule has 40 heavy (non-hydrogen) atoms. The number of aromatic hydroxyl groups is 1. The molecule has 2 aliphatic heterocycles. The Morgan fingerprint density at radius 3 is 2.02 bits per heavy atom. The van der Waals surface area contributed by atoms with Gasteiger partial charge in [0.15, 0.2) is 18.4 Å². The van der Waals surface area contributed by atoms with Crippen molar-refractivity contribution in [2.24, 2.45) is 0 Å². The number of piperidine rings is 1. The molecule has 2 heterocycles. The molecular weight excluding hydrogens is 537 g/mol. The minimum Gasteiger partial charge on any atom is -0.508 e. The van der Waals surface area contributed by atoms with Crippen molar-refractivity contribution in [2.45, 2.75) is 56.3 Å².